The zero-order chi connectivity index (χ0) is 65.1. The van der Waals surface area contributed by atoms with Crippen LogP contribution in [0.2, 0.25) is 0 Å². The Morgan fingerprint density at radius 1 is 0.581 bits per heavy atom. The average molecular weight is 1420 g/mol. The van der Waals surface area contributed by atoms with Crippen LogP contribution < -0.4 is 21.3 Å². The van der Waals surface area contributed by atoms with Gasteiger partial charge in [-0.2, -0.15) is 4.98 Å². The number of hydrogen-bond donors (Lipinski definition) is 2. The highest BCUT2D eigenvalue weighted by Crippen LogP contribution is 2.42. The van der Waals surface area contributed by atoms with Gasteiger partial charge in [0.15, 0.2) is 50.7 Å². The van der Waals surface area contributed by atoms with Crippen molar-refractivity contribution in [3.63, 3.8) is 0 Å². The summed E-state index contributed by atoms with van der Waals surface area (Å²) in [5.41, 5.74) is -0.937. The maximum Gasteiger partial charge on any atom is 0.278 e. The van der Waals surface area contributed by atoms with Crippen molar-refractivity contribution < 1.29 is 37.2 Å². The SMILES string of the molecule is C=CCn1c(=O)c2cnc(Nc3ccc(N4CCC5(CCN(C)CC5)CC4)cc3)nc2n1-c1cccc(C2(F)COC2)n1.C=CCn1c(=O)c2cnc(SC)nc2n1-c1cccc(C2(F)COC2)n1.FC1(c2cccc(Br)n2)COC1.OC1(c2cccc(Br)n2)COC1. The highest BCUT2D eigenvalue weighted by atomic mass is 79.9. The van der Waals surface area contributed by atoms with E-state index in [1.165, 1.54) is 78.0 Å². The fraction of sp³-hybridized carbons (Fsp3) is 0.385. The summed E-state index contributed by atoms with van der Waals surface area (Å²) < 4.78 is 70.8. The Labute approximate surface area is 554 Å². The third-order valence-corrected chi connectivity index (χ3v) is 18.8. The van der Waals surface area contributed by atoms with Crippen LogP contribution in [0.1, 0.15) is 48.5 Å². The number of rotatable bonds is 14. The van der Waals surface area contributed by atoms with Crippen molar-refractivity contribution in [2.45, 2.75) is 66.5 Å². The van der Waals surface area contributed by atoms with Crippen LogP contribution in [0, 0.1) is 5.41 Å². The molecule has 6 saturated heterocycles. The zero-order valence-electron chi connectivity index (χ0n) is 51.1. The minimum atomic E-state index is -1.64. The highest BCUT2D eigenvalue weighted by molar-refractivity contribution is 9.10. The van der Waals surface area contributed by atoms with Crippen molar-refractivity contribution in [2.75, 3.05) is 103 Å². The monoisotopic (exact) mass is 1420 g/mol. The smallest absolute Gasteiger partial charge is 0.278 e. The number of aromatic nitrogens is 12. The second-order valence-corrected chi connectivity index (χ2v) is 26.2. The first-order valence-electron chi connectivity index (χ1n) is 30.2. The predicted octanol–water partition coefficient (Wildman–Crippen LogP) is 9.60. The molecule has 486 valence electrons. The van der Waals surface area contributed by atoms with Gasteiger partial charge in [0, 0.05) is 36.9 Å². The van der Waals surface area contributed by atoms with Gasteiger partial charge < -0.3 is 39.2 Å². The van der Waals surface area contributed by atoms with E-state index in [2.05, 4.69) is 114 Å². The Kier molecular flexibility index (Phi) is 19.3. The second kappa shape index (κ2) is 27.4. The summed E-state index contributed by atoms with van der Waals surface area (Å²) in [6, 6.07) is 29.2. The molecule has 2 N–H and O–H groups in total. The third kappa shape index (κ3) is 13.7. The number of benzene rings is 1. The van der Waals surface area contributed by atoms with Crippen molar-refractivity contribution in [3.8, 4) is 11.6 Å². The van der Waals surface area contributed by atoms with Crippen molar-refractivity contribution in [1.82, 2.24) is 63.5 Å². The van der Waals surface area contributed by atoms with Gasteiger partial charge >= 0.3 is 0 Å². The third-order valence-electron chi connectivity index (χ3n) is 17.3. The second-order valence-electron chi connectivity index (χ2n) is 23.8. The fourth-order valence-corrected chi connectivity index (χ4v) is 12.6. The van der Waals surface area contributed by atoms with Gasteiger partial charge in [0.1, 0.15) is 20.0 Å². The molecule has 0 amide bonds. The summed E-state index contributed by atoms with van der Waals surface area (Å²) in [6.45, 7) is 13.4. The molecule has 14 heterocycles. The number of fused-ring (bicyclic) bond motifs is 2. The van der Waals surface area contributed by atoms with Gasteiger partial charge in [-0.3, -0.25) is 9.59 Å². The van der Waals surface area contributed by atoms with Crippen LogP contribution in [-0.4, -0.2) is 161 Å². The molecule has 0 aliphatic carbocycles. The average Bonchev–Trinajstić information content (AvgIpc) is 1.64. The van der Waals surface area contributed by atoms with Crippen LogP contribution in [0.25, 0.3) is 33.7 Å². The Hall–Kier alpha value is -7.54. The number of ether oxygens (including phenoxy) is 4. The number of piperidine rings is 2. The molecule has 6 aliphatic heterocycles. The first-order chi connectivity index (χ1) is 44.8. The maximum atomic E-state index is 15.1. The summed E-state index contributed by atoms with van der Waals surface area (Å²) >= 11 is 7.81. The number of nitrogens with zero attached hydrogens (tertiary/aromatic N) is 14. The van der Waals surface area contributed by atoms with Crippen molar-refractivity contribution in [2.24, 2.45) is 5.41 Å². The van der Waals surface area contributed by atoms with E-state index in [0.717, 1.165) is 23.4 Å². The molecular formula is C65H68Br2F3N15O7S. The molecule has 0 bridgehead atoms. The van der Waals surface area contributed by atoms with Gasteiger partial charge in [-0.1, -0.05) is 48.2 Å². The molecule has 0 saturated carbocycles. The molecule has 0 radical (unpaired) electrons. The molecule has 0 unspecified atom stereocenters. The van der Waals surface area contributed by atoms with Crippen LogP contribution in [0.4, 0.5) is 30.5 Å². The molecule has 28 heteroatoms. The zero-order valence-corrected chi connectivity index (χ0v) is 55.1. The number of allylic oxidation sites excluding steroid dienone is 2. The molecular weight excluding hydrogens is 1350 g/mol. The van der Waals surface area contributed by atoms with E-state index in [9.17, 15) is 23.5 Å². The molecule has 9 aromatic rings. The van der Waals surface area contributed by atoms with Crippen LogP contribution in [-0.2, 0) is 54.6 Å². The van der Waals surface area contributed by atoms with E-state index in [4.69, 9.17) is 23.9 Å². The number of alkyl halides is 3. The fourth-order valence-electron chi connectivity index (χ4n) is 11.6. The van der Waals surface area contributed by atoms with Crippen LogP contribution in [0.5, 0.6) is 0 Å². The first-order valence-corrected chi connectivity index (χ1v) is 33.0. The largest absolute Gasteiger partial charge is 0.379 e. The van der Waals surface area contributed by atoms with E-state index >= 15 is 4.39 Å². The van der Waals surface area contributed by atoms with E-state index in [1.54, 1.807) is 82.2 Å². The Bertz CT molecular complexity index is 4250. The van der Waals surface area contributed by atoms with Crippen molar-refractivity contribution >= 4 is 83.0 Å². The minimum absolute atomic E-state index is 0.0197. The van der Waals surface area contributed by atoms with Gasteiger partial charge in [0.25, 0.3) is 11.1 Å². The van der Waals surface area contributed by atoms with E-state index < -0.39 is 22.6 Å². The summed E-state index contributed by atoms with van der Waals surface area (Å²) in [7, 11) is 2.22. The molecule has 1 aromatic carbocycles. The van der Waals surface area contributed by atoms with Crippen LogP contribution in [0.15, 0.2) is 159 Å². The number of pyridine rings is 4. The molecule has 15 rings (SSSR count). The van der Waals surface area contributed by atoms with Crippen LogP contribution in [0.3, 0.4) is 0 Å². The lowest BCUT2D eigenvalue weighted by molar-refractivity contribution is -0.186. The van der Waals surface area contributed by atoms with E-state index in [-0.39, 0.29) is 75.2 Å². The summed E-state index contributed by atoms with van der Waals surface area (Å²) in [4.78, 5) is 66.0. The topological polar surface area (TPSA) is 233 Å². The summed E-state index contributed by atoms with van der Waals surface area (Å²) in [5, 5.41) is 14.3. The quantitative estimate of drug-likeness (QED) is 0.0446. The number of anilines is 3. The molecule has 0 atom stereocenters. The molecule has 6 fully saturated rings. The van der Waals surface area contributed by atoms with Gasteiger partial charge in [-0.25, -0.2) is 66.8 Å². The number of aliphatic hydroxyl groups is 1. The molecule has 1 spiro atoms. The Balaban J connectivity index is 0.000000139. The lowest BCUT2D eigenvalue weighted by Crippen LogP contribution is -2.47. The van der Waals surface area contributed by atoms with Crippen molar-refractivity contribution in [1.29, 1.82) is 0 Å². The van der Waals surface area contributed by atoms with Gasteiger partial charge in [-0.05, 0) is 162 Å². The lowest BCUT2D eigenvalue weighted by Gasteiger charge is -2.46. The summed E-state index contributed by atoms with van der Waals surface area (Å²) in [6.07, 6.45) is 13.2. The normalized spacial score (nSPS) is 18.8. The minimum Gasteiger partial charge on any atom is -0.379 e. The number of nitrogens with one attached hydrogen (secondary N) is 1. The van der Waals surface area contributed by atoms with Crippen molar-refractivity contribution in [3.05, 3.63) is 187 Å². The summed E-state index contributed by atoms with van der Waals surface area (Å²) in [5.74, 6) is 1.14. The number of halogens is 5. The lowest BCUT2D eigenvalue weighted by atomic mass is 9.71. The van der Waals surface area contributed by atoms with Gasteiger partial charge in [0.2, 0.25) is 5.95 Å². The molecule has 6 aliphatic rings. The number of thioether (sulfide) groups is 1. The number of hydrogen-bond acceptors (Lipinski definition) is 19. The van der Waals surface area contributed by atoms with Gasteiger partial charge in [-0.15, -0.1) is 13.2 Å². The standard InChI is InChI=1S/C32H37FN8O2.C17H16FN5O2S.C8H7BrFNO.C8H8BrNO2/c1-3-15-40-29(42)25-20-34-30(37-28(25)41(40)27-6-4-5-26(36-27)32(33)21-43-22-32)35-23-7-9-24(10-8-23)39-18-13-31(14-19-39)11-16-38(2)17-12-31;1-3-7-22-15(24)11-8-19-16(26-2)21-14(11)23(22)13-6-4-5-12(20-13)17(18)9-25-10-17;9-7-3-1-2-6(11-7)8(10)4-12-5-8;9-7-3-1-2-6(10-7)8(11)4-12-5-8/h3-10,20H,1,11-19,21-22H2,2H3,(H,34,35,37);3-6,8H,1,7,9-10H2,2H3;1-3H,4-5H2;1-3,11H,4-5H2. The number of likely N-dealkylation sites (tertiary alicyclic amines) is 1. The Morgan fingerprint density at radius 2 is 1.02 bits per heavy atom. The highest BCUT2D eigenvalue weighted by Gasteiger charge is 2.45. The first kappa shape index (κ1) is 65.5. The molecule has 22 nitrogen and oxygen atoms in total. The van der Waals surface area contributed by atoms with Crippen LogP contribution >= 0.6 is 43.6 Å². The molecule has 93 heavy (non-hydrogen) atoms. The predicted molar refractivity (Wildman–Crippen MR) is 354 cm³/mol. The molecule has 8 aromatic heterocycles. The Morgan fingerprint density at radius 3 is 1.47 bits per heavy atom. The van der Waals surface area contributed by atoms with E-state index in [1.807, 2.05) is 30.5 Å². The van der Waals surface area contributed by atoms with Gasteiger partial charge in [0.05, 0.1) is 88.7 Å². The van der Waals surface area contributed by atoms with E-state index in [0.29, 0.717) is 79.4 Å². The maximum absolute atomic E-state index is 15.1.